The molecule has 4 rings (SSSR count). The summed E-state index contributed by atoms with van der Waals surface area (Å²) in [5, 5.41) is 3.41. The van der Waals surface area contributed by atoms with Crippen molar-refractivity contribution in [3.63, 3.8) is 0 Å². The lowest BCUT2D eigenvalue weighted by atomic mass is 9.93. The van der Waals surface area contributed by atoms with Gasteiger partial charge >= 0.3 is 0 Å². The van der Waals surface area contributed by atoms with Crippen molar-refractivity contribution >= 4 is 22.7 Å². The second-order valence-corrected chi connectivity index (χ2v) is 5.95. The number of aryl methyl sites for hydroxylation is 1. The first kappa shape index (κ1) is 17.4. The van der Waals surface area contributed by atoms with Crippen molar-refractivity contribution in [3.8, 4) is 11.1 Å². The lowest BCUT2D eigenvalue weighted by Crippen LogP contribution is -2.22. The first-order valence-corrected chi connectivity index (χ1v) is 8.18. The van der Waals surface area contributed by atoms with Crippen LogP contribution in [0.1, 0.15) is 21.5 Å². The molecule has 1 aliphatic rings. The van der Waals surface area contributed by atoms with Gasteiger partial charge in [-0.1, -0.05) is 30.3 Å². The third-order valence-corrected chi connectivity index (χ3v) is 4.29. The number of fused-ring (bicyclic) bond motifs is 1. The number of primary amides is 1. The van der Waals surface area contributed by atoms with Gasteiger partial charge in [0.15, 0.2) is 0 Å². The van der Waals surface area contributed by atoms with Gasteiger partial charge in [-0.05, 0) is 35.2 Å². The highest BCUT2D eigenvalue weighted by Crippen LogP contribution is 2.34. The fraction of sp³-hybridized carbons (Fsp3) is 0.100. The van der Waals surface area contributed by atoms with Crippen LogP contribution in [0.25, 0.3) is 22.0 Å². The molecule has 1 aliphatic heterocycles. The Hall–Kier alpha value is -3.38. The maximum Gasteiger partial charge on any atom is 0.250 e. The summed E-state index contributed by atoms with van der Waals surface area (Å²) in [5.41, 5.74) is 16.9. The van der Waals surface area contributed by atoms with Gasteiger partial charge in [-0.25, -0.2) is 0 Å². The molecule has 0 saturated heterocycles. The number of aromatic nitrogens is 1. The fourth-order valence-corrected chi connectivity index (χ4v) is 2.96. The Morgan fingerprint density at radius 3 is 2.38 bits per heavy atom. The zero-order valence-electron chi connectivity index (χ0n) is 14.4. The van der Waals surface area contributed by atoms with Crippen molar-refractivity contribution in [3.05, 3.63) is 71.6 Å². The average Bonchev–Trinajstić information content (AvgIpc) is 3.01. The summed E-state index contributed by atoms with van der Waals surface area (Å²) >= 11 is 0. The molecule has 6 N–H and O–H groups in total. The molecule has 0 aliphatic carbocycles. The molecule has 6 heteroatoms. The Balaban J connectivity index is 0.000000339. The number of amides is 2. The first-order chi connectivity index (χ1) is 12.5. The number of rotatable bonds is 3. The maximum absolute atomic E-state index is 11.6. The van der Waals surface area contributed by atoms with E-state index in [2.05, 4.69) is 10.3 Å². The Labute approximate surface area is 150 Å². The number of nitrogens with one attached hydrogen (secondary N) is 2. The van der Waals surface area contributed by atoms with Crippen LogP contribution in [0.3, 0.4) is 0 Å². The summed E-state index contributed by atoms with van der Waals surface area (Å²) in [6.07, 6.45) is 4.97. The van der Waals surface area contributed by atoms with Crippen molar-refractivity contribution in [2.75, 3.05) is 0 Å². The van der Waals surface area contributed by atoms with Crippen LogP contribution in [0.2, 0.25) is 0 Å². The Morgan fingerprint density at radius 1 is 1.12 bits per heavy atom. The fourth-order valence-electron chi connectivity index (χ4n) is 2.96. The van der Waals surface area contributed by atoms with Crippen LogP contribution >= 0.6 is 0 Å². The van der Waals surface area contributed by atoms with Gasteiger partial charge in [-0.2, -0.15) is 0 Å². The summed E-state index contributed by atoms with van der Waals surface area (Å²) < 4.78 is 0. The predicted molar refractivity (Wildman–Crippen MR) is 102 cm³/mol. The number of carbonyl (C=O) groups is 2. The number of hydrogen-bond donors (Lipinski definition) is 4. The minimum atomic E-state index is -0.430. The van der Waals surface area contributed by atoms with Gasteiger partial charge in [0.1, 0.15) is 0 Å². The summed E-state index contributed by atoms with van der Waals surface area (Å²) in [5.74, 6) is -0.425. The smallest absolute Gasteiger partial charge is 0.250 e. The van der Waals surface area contributed by atoms with E-state index in [0.717, 1.165) is 33.2 Å². The van der Waals surface area contributed by atoms with Gasteiger partial charge in [0.2, 0.25) is 5.91 Å². The number of hydrogen-bond acceptors (Lipinski definition) is 3. The van der Waals surface area contributed by atoms with Crippen LogP contribution < -0.4 is 16.8 Å². The van der Waals surface area contributed by atoms with Crippen LogP contribution in [-0.4, -0.2) is 16.8 Å². The molecule has 0 spiro atoms. The molecule has 1 aromatic heterocycles. The van der Waals surface area contributed by atoms with E-state index in [0.29, 0.717) is 12.1 Å². The van der Waals surface area contributed by atoms with Gasteiger partial charge in [-0.3, -0.25) is 9.59 Å². The van der Waals surface area contributed by atoms with Crippen LogP contribution in [0, 0.1) is 6.92 Å². The van der Waals surface area contributed by atoms with Gasteiger partial charge in [0.25, 0.3) is 5.91 Å². The molecule has 0 unspecified atom stereocenters. The van der Waals surface area contributed by atoms with E-state index in [9.17, 15) is 9.59 Å². The number of nitrogens with two attached hydrogens (primary N) is 2. The largest absolute Gasteiger partial charge is 0.366 e. The highest BCUT2D eigenvalue weighted by Gasteiger charge is 2.15. The second-order valence-electron chi connectivity index (χ2n) is 5.95. The molecule has 0 atom stereocenters. The molecule has 2 aromatic carbocycles. The van der Waals surface area contributed by atoms with Crippen molar-refractivity contribution in [2.45, 2.75) is 13.5 Å². The van der Waals surface area contributed by atoms with Crippen LogP contribution in [0.5, 0.6) is 0 Å². The van der Waals surface area contributed by atoms with E-state index in [1.807, 2.05) is 43.5 Å². The molecular formula is C20H20N4O2. The minimum Gasteiger partial charge on any atom is -0.366 e. The van der Waals surface area contributed by atoms with Crippen molar-refractivity contribution < 1.29 is 9.59 Å². The van der Waals surface area contributed by atoms with Gasteiger partial charge in [0.05, 0.1) is 11.1 Å². The molecule has 0 saturated carbocycles. The molecule has 0 radical (unpaired) electrons. The molecule has 0 fully saturated rings. The Bertz CT molecular complexity index is 1020. The van der Waals surface area contributed by atoms with E-state index < -0.39 is 5.91 Å². The summed E-state index contributed by atoms with van der Waals surface area (Å²) in [4.78, 5) is 24.4. The lowest BCUT2D eigenvalue weighted by molar-refractivity contribution is -0.117. The average molecular weight is 348 g/mol. The van der Waals surface area contributed by atoms with E-state index in [-0.39, 0.29) is 5.91 Å². The van der Waals surface area contributed by atoms with Crippen LogP contribution in [0.4, 0.5) is 0 Å². The highest BCUT2D eigenvalue weighted by atomic mass is 16.2. The number of carbonyl (C=O) groups excluding carboxylic acids is 2. The van der Waals surface area contributed by atoms with Crippen molar-refractivity contribution in [1.82, 2.24) is 10.3 Å². The van der Waals surface area contributed by atoms with Gasteiger partial charge in [0, 0.05) is 30.4 Å². The summed E-state index contributed by atoms with van der Waals surface area (Å²) in [6, 6.07) is 11.7. The molecule has 2 heterocycles. The maximum atomic E-state index is 11.6. The standard InChI is InChI=1S/C17H17N3O.C3H3NO/c1-10-9-20-16-14(17(19)21)7-6-13(15(10)16)12-5-3-2-4-11(12)8-18;5-3-1-2-4-3/h2-7,9,20H,8,18H2,1H3,(H2,19,21);1-2H,(H,4,5). The quantitative estimate of drug-likeness (QED) is 0.582. The number of aromatic amines is 1. The van der Waals surface area contributed by atoms with Gasteiger partial charge in [-0.15, -0.1) is 0 Å². The SMILES string of the molecule is Cc1c[nH]c2c(C(N)=O)ccc(-c3ccccc3CN)c12.O=C1C=CN1. The van der Waals surface area contributed by atoms with E-state index in [4.69, 9.17) is 11.5 Å². The topological polar surface area (TPSA) is 114 Å². The zero-order chi connectivity index (χ0) is 18.7. The number of benzene rings is 2. The first-order valence-electron chi connectivity index (χ1n) is 8.18. The molecule has 2 amide bonds. The highest BCUT2D eigenvalue weighted by molar-refractivity contribution is 6.10. The van der Waals surface area contributed by atoms with E-state index >= 15 is 0 Å². The van der Waals surface area contributed by atoms with Crippen molar-refractivity contribution in [2.24, 2.45) is 11.5 Å². The molecule has 6 nitrogen and oxygen atoms in total. The van der Waals surface area contributed by atoms with Crippen LogP contribution in [-0.2, 0) is 11.3 Å². The molecular weight excluding hydrogens is 328 g/mol. The lowest BCUT2D eigenvalue weighted by Gasteiger charge is -2.11. The zero-order valence-corrected chi connectivity index (χ0v) is 14.4. The predicted octanol–water partition coefficient (Wildman–Crippen LogP) is 2.33. The molecule has 0 bridgehead atoms. The molecule has 26 heavy (non-hydrogen) atoms. The summed E-state index contributed by atoms with van der Waals surface area (Å²) in [7, 11) is 0. The molecule has 3 aromatic rings. The monoisotopic (exact) mass is 348 g/mol. The number of H-pyrrole nitrogens is 1. The van der Waals surface area contributed by atoms with E-state index in [1.165, 1.54) is 6.08 Å². The second kappa shape index (κ2) is 7.25. The van der Waals surface area contributed by atoms with Crippen molar-refractivity contribution in [1.29, 1.82) is 0 Å². The van der Waals surface area contributed by atoms with E-state index in [1.54, 1.807) is 12.3 Å². The third kappa shape index (κ3) is 3.22. The third-order valence-electron chi connectivity index (χ3n) is 4.29. The Morgan fingerprint density at radius 2 is 1.81 bits per heavy atom. The van der Waals surface area contributed by atoms with Crippen LogP contribution in [0.15, 0.2) is 54.9 Å². The Kier molecular flexibility index (Phi) is 4.86. The molecule has 132 valence electrons. The minimum absolute atomic E-state index is 0.00463. The summed E-state index contributed by atoms with van der Waals surface area (Å²) in [6.45, 7) is 2.48. The van der Waals surface area contributed by atoms with Gasteiger partial charge < -0.3 is 21.8 Å². The normalized spacial score (nSPS) is 12.2.